The highest BCUT2D eigenvalue weighted by molar-refractivity contribution is 6.31. The first-order valence-corrected chi connectivity index (χ1v) is 7.48. The van der Waals surface area contributed by atoms with Crippen molar-refractivity contribution in [3.05, 3.63) is 52.5 Å². The molecule has 2 aromatic carbocycles. The van der Waals surface area contributed by atoms with Crippen LogP contribution in [0.15, 0.2) is 36.4 Å². The van der Waals surface area contributed by atoms with Crippen molar-refractivity contribution < 1.29 is 9.84 Å². The summed E-state index contributed by atoms with van der Waals surface area (Å²) < 4.78 is 5.73. The van der Waals surface area contributed by atoms with E-state index in [0.29, 0.717) is 11.6 Å². The molecule has 1 aliphatic heterocycles. The van der Waals surface area contributed by atoms with Crippen LogP contribution in [0.25, 0.3) is 22.2 Å². The third-order valence-corrected chi connectivity index (χ3v) is 4.26. The lowest BCUT2D eigenvalue weighted by Crippen LogP contribution is -2.10. The summed E-state index contributed by atoms with van der Waals surface area (Å²) in [6.45, 7) is 0.474. The van der Waals surface area contributed by atoms with Crippen molar-refractivity contribution in [1.29, 1.82) is 0 Å². The Kier molecular flexibility index (Phi) is 3.11. The van der Waals surface area contributed by atoms with E-state index in [1.807, 2.05) is 30.3 Å². The number of halogens is 1. The average molecular weight is 315 g/mol. The number of H-pyrrole nitrogens is 1. The molecule has 0 fully saturated rings. The topological polar surface area (TPSA) is 71.3 Å². The van der Waals surface area contributed by atoms with Gasteiger partial charge in [-0.05, 0) is 41.5 Å². The smallest absolute Gasteiger partial charge is 0.133 e. The summed E-state index contributed by atoms with van der Waals surface area (Å²) in [6, 6.07) is 11.6. The predicted octanol–water partition coefficient (Wildman–Crippen LogP) is 3.37. The fraction of sp³-hybridized carbons (Fsp3) is 0.176. The first kappa shape index (κ1) is 13.6. The fourth-order valence-electron chi connectivity index (χ4n) is 2.96. The van der Waals surface area contributed by atoms with Crippen molar-refractivity contribution in [3.63, 3.8) is 0 Å². The Morgan fingerprint density at radius 2 is 2.14 bits per heavy atom. The Labute approximate surface area is 132 Å². The summed E-state index contributed by atoms with van der Waals surface area (Å²) in [4.78, 5) is 3.37. The lowest BCUT2D eigenvalue weighted by Gasteiger charge is -2.03. The van der Waals surface area contributed by atoms with E-state index in [4.69, 9.17) is 22.1 Å². The monoisotopic (exact) mass is 314 g/mol. The highest BCUT2D eigenvalue weighted by atomic mass is 35.5. The van der Waals surface area contributed by atoms with E-state index in [1.165, 1.54) is 0 Å². The van der Waals surface area contributed by atoms with Crippen LogP contribution < -0.4 is 10.5 Å². The van der Waals surface area contributed by atoms with Gasteiger partial charge in [-0.25, -0.2) is 0 Å². The number of rotatable bonds is 2. The standard InChI is InChI=1S/C17H15ClN2O2/c18-11-4-9(7-21)3-10(5-11)16-6-13-15(20-16)2-1-12-14(19)8-22-17(12)13/h1-6,14,20-21H,7-8,19H2. The molecule has 1 unspecified atom stereocenters. The number of aromatic amines is 1. The molecule has 4 N–H and O–H groups in total. The number of fused-ring (bicyclic) bond motifs is 3. The molecule has 3 aromatic rings. The first-order chi connectivity index (χ1) is 10.7. The second-order valence-corrected chi connectivity index (χ2v) is 5.99. The summed E-state index contributed by atoms with van der Waals surface area (Å²) in [5.74, 6) is 0.858. The number of benzene rings is 2. The maximum atomic E-state index is 9.33. The molecule has 1 aromatic heterocycles. The van der Waals surface area contributed by atoms with Crippen LogP contribution in [0.5, 0.6) is 5.75 Å². The summed E-state index contributed by atoms with van der Waals surface area (Å²) in [5.41, 5.74) is 10.7. The van der Waals surface area contributed by atoms with Gasteiger partial charge in [-0.15, -0.1) is 0 Å². The zero-order chi connectivity index (χ0) is 15.3. The van der Waals surface area contributed by atoms with Crippen molar-refractivity contribution in [2.45, 2.75) is 12.6 Å². The van der Waals surface area contributed by atoms with Crippen molar-refractivity contribution in [3.8, 4) is 17.0 Å². The molecule has 1 aliphatic rings. The van der Waals surface area contributed by atoms with E-state index >= 15 is 0 Å². The Balaban J connectivity index is 1.89. The Morgan fingerprint density at radius 3 is 2.95 bits per heavy atom. The van der Waals surface area contributed by atoms with Gasteiger partial charge in [0.1, 0.15) is 12.4 Å². The molecule has 2 heterocycles. The van der Waals surface area contributed by atoms with Gasteiger partial charge in [-0.1, -0.05) is 17.7 Å². The highest BCUT2D eigenvalue weighted by Crippen LogP contribution is 2.39. The average Bonchev–Trinajstić information content (AvgIpc) is 3.10. The molecule has 5 heteroatoms. The van der Waals surface area contributed by atoms with Gasteiger partial charge >= 0.3 is 0 Å². The Hall–Kier alpha value is -2.01. The van der Waals surface area contributed by atoms with Crippen LogP contribution >= 0.6 is 11.6 Å². The summed E-state index contributed by atoms with van der Waals surface area (Å²) in [7, 11) is 0. The van der Waals surface area contributed by atoms with Gasteiger partial charge in [0, 0.05) is 27.2 Å². The summed E-state index contributed by atoms with van der Waals surface area (Å²) in [5, 5.41) is 10.9. The molecule has 1 atom stereocenters. The quantitative estimate of drug-likeness (QED) is 0.679. The Morgan fingerprint density at radius 1 is 1.27 bits per heavy atom. The molecule has 0 spiro atoms. The number of nitrogens with two attached hydrogens (primary N) is 1. The van der Waals surface area contributed by atoms with Crippen LogP contribution in [0.2, 0.25) is 5.02 Å². The van der Waals surface area contributed by atoms with Crippen LogP contribution in [0, 0.1) is 0 Å². The molecule has 0 aliphatic carbocycles. The van der Waals surface area contributed by atoms with Crippen LogP contribution in [0.1, 0.15) is 17.2 Å². The van der Waals surface area contributed by atoms with E-state index in [0.717, 1.165) is 39.0 Å². The molecular weight excluding hydrogens is 300 g/mol. The van der Waals surface area contributed by atoms with Gasteiger partial charge < -0.3 is 20.6 Å². The molecular formula is C17H15ClN2O2. The van der Waals surface area contributed by atoms with E-state index < -0.39 is 0 Å². The number of hydrogen-bond donors (Lipinski definition) is 3. The largest absolute Gasteiger partial charge is 0.491 e. The molecule has 0 saturated carbocycles. The van der Waals surface area contributed by atoms with Gasteiger partial charge in [0.2, 0.25) is 0 Å². The minimum atomic E-state index is -0.0649. The molecule has 4 nitrogen and oxygen atoms in total. The van der Waals surface area contributed by atoms with E-state index in [1.54, 1.807) is 6.07 Å². The number of aliphatic hydroxyl groups excluding tert-OH is 1. The van der Waals surface area contributed by atoms with E-state index in [2.05, 4.69) is 4.98 Å². The van der Waals surface area contributed by atoms with Crippen molar-refractivity contribution >= 4 is 22.5 Å². The van der Waals surface area contributed by atoms with E-state index in [-0.39, 0.29) is 12.6 Å². The first-order valence-electron chi connectivity index (χ1n) is 7.10. The second kappa shape index (κ2) is 5.02. The molecule has 0 radical (unpaired) electrons. The molecule has 4 rings (SSSR count). The molecule has 0 saturated heterocycles. The summed E-state index contributed by atoms with van der Waals surface area (Å²) in [6.07, 6.45) is 0. The van der Waals surface area contributed by atoms with Crippen molar-refractivity contribution in [2.75, 3.05) is 6.61 Å². The minimum Gasteiger partial charge on any atom is -0.491 e. The number of ether oxygens (including phenoxy) is 1. The highest BCUT2D eigenvalue weighted by Gasteiger charge is 2.23. The number of aliphatic hydroxyl groups is 1. The SMILES string of the molecule is NC1COc2c1ccc1[nH]c(-c3cc(Cl)cc(CO)c3)cc21. The minimum absolute atomic E-state index is 0.0405. The maximum absolute atomic E-state index is 9.33. The van der Waals surface area contributed by atoms with Crippen LogP contribution in [-0.2, 0) is 6.61 Å². The normalized spacial score (nSPS) is 16.8. The van der Waals surface area contributed by atoms with Gasteiger partial charge in [0.15, 0.2) is 0 Å². The van der Waals surface area contributed by atoms with Crippen LogP contribution in [0.3, 0.4) is 0 Å². The van der Waals surface area contributed by atoms with Crippen molar-refractivity contribution in [1.82, 2.24) is 4.98 Å². The fourth-order valence-corrected chi connectivity index (χ4v) is 3.22. The van der Waals surface area contributed by atoms with Gasteiger partial charge in [-0.2, -0.15) is 0 Å². The third kappa shape index (κ3) is 2.08. The zero-order valence-electron chi connectivity index (χ0n) is 11.8. The molecule has 0 bridgehead atoms. The number of aromatic nitrogens is 1. The number of hydrogen-bond acceptors (Lipinski definition) is 3. The summed E-state index contributed by atoms with van der Waals surface area (Å²) >= 11 is 6.12. The van der Waals surface area contributed by atoms with Gasteiger partial charge in [0.05, 0.1) is 12.6 Å². The van der Waals surface area contributed by atoms with Crippen LogP contribution in [-0.4, -0.2) is 16.7 Å². The molecule has 112 valence electrons. The van der Waals surface area contributed by atoms with Crippen LogP contribution in [0.4, 0.5) is 0 Å². The number of nitrogens with one attached hydrogen (secondary N) is 1. The maximum Gasteiger partial charge on any atom is 0.133 e. The predicted molar refractivity (Wildman–Crippen MR) is 87.1 cm³/mol. The van der Waals surface area contributed by atoms with Crippen molar-refractivity contribution in [2.24, 2.45) is 5.73 Å². The molecule has 0 amide bonds. The van der Waals surface area contributed by atoms with E-state index in [9.17, 15) is 5.11 Å². The second-order valence-electron chi connectivity index (χ2n) is 5.55. The Bertz CT molecular complexity index is 872. The third-order valence-electron chi connectivity index (χ3n) is 4.04. The molecule has 22 heavy (non-hydrogen) atoms. The lowest BCUT2D eigenvalue weighted by molar-refractivity contribution is 0.282. The van der Waals surface area contributed by atoms with Gasteiger partial charge in [0.25, 0.3) is 0 Å². The lowest BCUT2D eigenvalue weighted by atomic mass is 10.1. The van der Waals surface area contributed by atoms with Gasteiger partial charge in [-0.3, -0.25) is 0 Å². The zero-order valence-corrected chi connectivity index (χ0v) is 12.5.